The zero-order valence-electron chi connectivity index (χ0n) is 23.7. The number of rotatable bonds is 0. The van der Waals surface area contributed by atoms with Crippen LogP contribution in [0.15, 0.2) is 116 Å². The number of hydrogen-bond donors (Lipinski definition) is 0. The van der Waals surface area contributed by atoms with Gasteiger partial charge in [0.05, 0.1) is 22.8 Å². The third-order valence-corrected chi connectivity index (χ3v) is 11.6. The number of nitrogens with zero attached hydrogens (tertiary/aromatic N) is 4. The predicted octanol–water partition coefficient (Wildman–Crippen LogP) is 9.96. The van der Waals surface area contributed by atoms with Gasteiger partial charge < -0.3 is 9.80 Å². The fourth-order valence-corrected chi connectivity index (χ4v) is 9.48. The molecule has 8 heteroatoms. The minimum absolute atomic E-state index is 0.787. The van der Waals surface area contributed by atoms with Gasteiger partial charge in [-0.3, -0.25) is 0 Å². The van der Waals surface area contributed by atoms with Gasteiger partial charge in [-0.25, -0.2) is 9.98 Å². The van der Waals surface area contributed by atoms with E-state index in [1.807, 2.05) is 24.3 Å². The first kappa shape index (κ1) is 26.9. The van der Waals surface area contributed by atoms with E-state index in [2.05, 4.69) is 70.5 Å². The number of aryl methyl sites for hydroxylation is 2. The maximum absolute atomic E-state index is 6.13. The summed E-state index contributed by atoms with van der Waals surface area (Å²) in [6, 6.07) is 29.5. The molecule has 6 aliphatic rings. The fourth-order valence-electron chi connectivity index (χ4n) is 6.86. The highest BCUT2D eigenvalue weighted by Crippen LogP contribution is 2.48. The van der Waals surface area contributed by atoms with Crippen LogP contribution in [0.5, 0.6) is 0 Å². The molecule has 0 aromatic heterocycles. The second-order valence-electron chi connectivity index (χ2n) is 11.6. The minimum Gasteiger partial charge on any atom is -0.315 e. The van der Waals surface area contributed by atoms with Gasteiger partial charge in [0.2, 0.25) is 0 Å². The van der Waals surface area contributed by atoms with E-state index in [4.69, 9.17) is 33.2 Å². The Bertz CT molecular complexity index is 1880. The Balaban J connectivity index is 0.000000123. The van der Waals surface area contributed by atoms with Gasteiger partial charge in [-0.15, -0.1) is 0 Å². The van der Waals surface area contributed by atoms with E-state index < -0.39 is 0 Å². The Hall–Kier alpha value is -3.42. The van der Waals surface area contributed by atoms with Crippen molar-refractivity contribution in [2.24, 2.45) is 9.98 Å². The molecule has 0 N–H and O–H groups in total. The Morgan fingerprint density at radius 1 is 0.545 bits per heavy atom. The van der Waals surface area contributed by atoms with Crippen LogP contribution < -0.4 is 9.80 Å². The number of thioether (sulfide) groups is 2. The summed E-state index contributed by atoms with van der Waals surface area (Å²) in [6.45, 7) is 1.90. The molecule has 0 radical (unpaired) electrons. The van der Waals surface area contributed by atoms with E-state index >= 15 is 0 Å². The standard InChI is InChI=1S/2C18H13ClN2S/c2*19-13-7-8-15-16(9-13)22-18-20-17-12(10-21(15)18)6-5-11-3-1-2-4-14(11)17/h2*1-4,7-9H,5-6,10H2. The normalized spacial score (nSPS) is 18.4. The molecular weight excluding hydrogens is 623 g/mol. The number of amidine groups is 2. The summed E-state index contributed by atoms with van der Waals surface area (Å²) in [5, 5.41) is 3.73. The minimum atomic E-state index is 0.787. The zero-order valence-corrected chi connectivity index (χ0v) is 26.8. The molecule has 0 bridgehead atoms. The first-order valence-electron chi connectivity index (χ1n) is 14.9. The summed E-state index contributed by atoms with van der Waals surface area (Å²) in [5.74, 6) is 0. The Kier molecular flexibility index (Phi) is 6.48. The van der Waals surface area contributed by atoms with Crippen LogP contribution in [0.25, 0.3) is 11.4 Å². The molecule has 0 saturated carbocycles. The van der Waals surface area contributed by atoms with Crippen molar-refractivity contribution in [3.63, 3.8) is 0 Å². The van der Waals surface area contributed by atoms with E-state index in [0.29, 0.717) is 0 Å². The van der Waals surface area contributed by atoms with Gasteiger partial charge in [0.15, 0.2) is 10.3 Å². The molecule has 2 aliphatic carbocycles. The number of halogens is 2. The van der Waals surface area contributed by atoms with Crippen molar-refractivity contribution in [1.82, 2.24) is 0 Å². The molecule has 0 saturated heterocycles. The van der Waals surface area contributed by atoms with Gasteiger partial charge in [-0.2, -0.15) is 0 Å². The molecular formula is C36H26Cl2N4S2. The number of hydrogen-bond acceptors (Lipinski definition) is 6. The first-order chi connectivity index (χ1) is 21.6. The van der Waals surface area contributed by atoms with E-state index in [9.17, 15) is 0 Å². The molecule has 0 unspecified atom stereocenters. The molecule has 4 heterocycles. The highest BCUT2D eigenvalue weighted by Gasteiger charge is 2.35. The molecule has 4 aromatic carbocycles. The fraction of sp³-hybridized carbons (Fsp3) is 0.167. The summed E-state index contributed by atoms with van der Waals surface area (Å²) in [7, 11) is 0. The summed E-state index contributed by atoms with van der Waals surface area (Å²) >= 11 is 15.7. The Morgan fingerprint density at radius 2 is 1.00 bits per heavy atom. The maximum atomic E-state index is 6.13. The lowest BCUT2D eigenvalue weighted by Crippen LogP contribution is -2.32. The Morgan fingerprint density at radius 3 is 1.48 bits per heavy atom. The van der Waals surface area contributed by atoms with Crippen molar-refractivity contribution in [3.05, 3.63) is 128 Å². The lowest BCUT2D eigenvalue weighted by atomic mass is 9.88. The van der Waals surface area contributed by atoms with Crippen molar-refractivity contribution in [1.29, 1.82) is 0 Å². The van der Waals surface area contributed by atoms with Gasteiger partial charge in [0, 0.05) is 44.1 Å². The van der Waals surface area contributed by atoms with Crippen LogP contribution in [0.2, 0.25) is 10.0 Å². The average molecular weight is 650 g/mol. The quantitative estimate of drug-likeness (QED) is 0.190. The van der Waals surface area contributed by atoms with Crippen LogP contribution in [0.3, 0.4) is 0 Å². The van der Waals surface area contributed by atoms with Crippen LogP contribution in [-0.2, 0) is 12.8 Å². The number of benzene rings is 4. The lowest BCUT2D eigenvalue weighted by molar-refractivity contribution is 0.862. The van der Waals surface area contributed by atoms with Crippen LogP contribution in [0.4, 0.5) is 11.4 Å². The molecule has 4 nitrogen and oxygen atoms in total. The average Bonchev–Trinajstić information content (AvgIpc) is 3.58. The second kappa shape index (κ2) is 10.6. The number of aliphatic imine (C=N–C) groups is 2. The summed E-state index contributed by atoms with van der Waals surface area (Å²) < 4.78 is 0. The van der Waals surface area contributed by atoms with Crippen molar-refractivity contribution in [3.8, 4) is 0 Å². The number of anilines is 2. The molecule has 0 atom stereocenters. The van der Waals surface area contributed by atoms with E-state index in [-0.39, 0.29) is 0 Å². The highest BCUT2D eigenvalue weighted by molar-refractivity contribution is 8.15. The van der Waals surface area contributed by atoms with Crippen LogP contribution >= 0.6 is 46.7 Å². The van der Waals surface area contributed by atoms with Gasteiger partial charge in [0.25, 0.3) is 0 Å². The van der Waals surface area contributed by atoms with E-state index in [0.717, 1.165) is 59.2 Å². The monoisotopic (exact) mass is 648 g/mol. The topological polar surface area (TPSA) is 31.2 Å². The van der Waals surface area contributed by atoms with Crippen LogP contribution in [0, 0.1) is 0 Å². The third kappa shape index (κ3) is 4.46. The van der Waals surface area contributed by atoms with Crippen molar-refractivity contribution < 1.29 is 0 Å². The molecule has 0 fully saturated rings. The number of fused-ring (bicyclic) bond motifs is 10. The lowest BCUT2D eigenvalue weighted by Gasteiger charge is -2.30. The van der Waals surface area contributed by atoms with Crippen LogP contribution in [-0.4, -0.2) is 23.4 Å². The summed E-state index contributed by atoms with van der Waals surface area (Å²) in [4.78, 5) is 17.0. The highest BCUT2D eigenvalue weighted by atomic mass is 35.5. The predicted molar refractivity (Wildman–Crippen MR) is 188 cm³/mol. The van der Waals surface area contributed by atoms with Crippen molar-refractivity contribution in [2.45, 2.75) is 35.5 Å². The van der Waals surface area contributed by atoms with Gasteiger partial charge in [0.1, 0.15) is 0 Å². The molecule has 44 heavy (non-hydrogen) atoms. The molecule has 10 rings (SSSR count). The summed E-state index contributed by atoms with van der Waals surface area (Å²) in [6.07, 6.45) is 4.45. The van der Waals surface area contributed by atoms with Crippen LogP contribution in [0.1, 0.15) is 35.1 Å². The van der Waals surface area contributed by atoms with E-state index in [1.165, 1.54) is 66.0 Å². The largest absolute Gasteiger partial charge is 0.315 e. The third-order valence-electron chi connectivity index (χ3n) is 9.01. The SMILES string of the molecule is Clc1ccc2c(c1)SC1=NC3=C(CCc4ccccc43)CN12.Clc1ccc2c(c1)SC1=NC3=C(CCc4ccccc43)CN12. The Labute approximate surface area is 275 Å². The second-order valence-corrected chi connectivity index (χ2v) is 14.5. The van der Waals surface area contributed by atoms with E-state index in [1.54, 1.807) is 23.5 Å². The molecule has 4 aromatic rings. The molecule has 0 spiro atoms. The smallest absolute Gasteiger partial charge is 0.174 e. The zero-order chi connectivity index (χ0) is 29.4. The van der Waals surface area contributed by atoms with Gasteiger partial charge in [-0.05, 0) is 108 Å². The van der Waals surface area contributed by atoms with Crippen molar-refractivity contribution >= 4 is 79.8 Å². The van der Waals surface area contributed by atoms with Gasteiger partial charge >= 0.3 is 0 Å². The first-order valence-corrected chi connectivity index (χ1v) is 17.3. The van der Waals surface area contributed by atoms with Gasteiger partial charge in [-0.1, -0.05) is 71.7 Å². The molecule has 0 amide bonds. The van der Waals surface area contributed by atoms with Crippen molar-refractivity contribution in [2.75, 3.05) is 22.9 Å². The summed E-state index contributed by atoms with van der Waals surface area (Å²) in [5.41, 5.74) is 13.2. The maximum Gasteiger partial charge on any atom is 0.174 e. The molecule has 216 valence electrons. The molecule has 4 aliphatic heterocycles.